The number of benzene rings is 1. The SMILES string of the molecule is C[C@H]1CCCC[C@H]1NC(=S)NNC(=O)COc1ccccc1C#N. The molecule has 1 aromatic carbocycles. The van der Waals surface area contributed by atoms with Gasteiger partial charge in [0.2, 0.25) is 0 Å². The van der Waals surface area contributed by atoms with Crippen molar-refractivity contribution in [1.82, 2.24) is 16.2 Å². The molecule has 1 aromatic rings. The predicted molar refractivity (Wildman–Crippen MR) is 95.1 cm³/mol. The largest absolute Gasteiger partial charge is 0.482 e. The Morgan fingerprint density at radius 3 is 2.83 bits per heavy atom. The molecule has 0 saturated heterocycles. The first-order valence-corrected chi connectivity index (χ1v) is 8.48. The Bertz CT molecular complexity index is 629. The van der Waals surface area contributed by atoms with Gasteiger partial charge in [-0.2, -0.15) is 5.26 Å². The Morgan fingerprint density at radius 1 is 1.33 bits per heavy atom. The van der Waals surface area contributed by atoms with E-state index in [1.807, 2.05) is 6.07 Å². The van der Waals surface area contributed by atoms with Crippen molar-refractivity contribution in [2.45, 2.75) is 38.6 Å². The van der Waals surface area contributed by atoms with Crippen molar-refractivity contribution in [2.75, 3.05) is 6.61 Å². The van der Waals surface area contributed by atoms with Gasteiger partial charge in [-0.15, -0.1) is 0 Å². The summed E-state index contributed by atoms with van der Waals surface area (Å²) in [4.78, 5) is 11.8. The lowest BCUT2D eigenvalue weighted by molar-refractivity contribution is -0.123. The summed E-state index contributed by atoms with van der Waals surface area (Å²) in [6.45, 7) is 2.01. The fourth-order valence-corrected chi connectivity index (χ4v) is 2.93. The Balaban J connectivity index is 1.71. The molecule has 2 rings (SSSR count). The summed E-state index contributed by atoms with van der Waals surface area (Å²) in [6, 6.07) is 9.13. The van der Waals surface area contributed by atoms with Crippen LogP contribution in [0.1, 0.15) is 38.2 Å². The smallest absolute Gasteiger partial charge is 0.276 e. The van der Waals surface area contributed by atoms with E-state index in [4.69, 9.17) is 22.2 Å². The molecule has 3 N–H and O–H groups in total. The highest BCUT2D eigenvalue weighted by Crippen LogP contribution is 2.23. The van der Waals surface area contributed by atoms with Crippen LogP contribution < -0.4 is 20.9 Å². The molecule has 2 atom stereocenters. The van der Waals surface area contributed by atoms with Gasteiger partial charge in [-0.3, -0.25) is 15.6 Å². The first kappa shape index (κ1) is 18.0. The number of rotatable bonds is 4. The summed E-state index contributed by atoms with van der Waals surface area (Å²) in [7, 11) is 0. The summed E-state index contributed by atoms with van der Waals surface area (Å²) in [5, 5.41) is 12.6. The van der Waals surface area contributed by atoms with Crippen LogP contribution >= 0.6 is 12.2 Å². The van der Waals surface area contributed by atoms with Crippen molar-refractivity contribution >= 4 is 23.2 Å². The van der Waals surface area contributed by atoms with Gasteiger partial charge < -0.3 is 10.1 Å². The van der Waals surface area contributed by atoms with Gasteiger partial charge in [0.05, 0.1) is 5.56 Å². The van der Waals surface area contributed by atoms with E-state index in [0.717, 1.165) is 6.42 Å². The zero-order valence-corrected chi connectivity index (χ0v) is 14.5. The molecule has 6 nitrogen and oxygen atoms in total. The first-order chi connectivity index (χ1) is 11.6. The highest BCUT2D eigenvalue weighted by atomic mass is 32.1. The van der Waals surface area contributed by atoms with Gasteiger partial charge in [-0.25, -0.2) is 0 Å². The second-order valence-electron chi connectivity index (χ2n) is 5.91. The molecule has 1 aliphatic carbocycles. The summed E-state index contributed by atoms with van der Waals surface area (Å²) < 4.78 is 5.35. The molecule has 0 unspecified atom stereocenters. The maximum absolute atomic E-state index is 11.8. The van der Waals surface area contributed by atoms with Crippen LogP contribution in [0.2, 0.25) is 0 Å². The lowest BCUT2D eigenvalue weighted by Crippen LogP contribution is -2.52. The minimum atomic E-state index is -0.372. The van der Waals surface area contributed by atoms with Crippen molar-refractivity contribution in [1.29, 1.82) is 5.26 Å². The second kappa shape index (κ2) is 9.08. The molecular weight excluding hydrogens is 324 g/mol. The molecule has 1 saturated carbocycles. The average molecular weight is 346 g/mol. The Morgan fingerprint density at radius 2 is 2.08 bits per heavy atom. The summed E-state index contributed by atoms with van der Waals surface area (Å²) in [6.07, 6.45) is 4.74. The molecule has 7 heteroatoms. The molecule has 128 valence electrons. The standard InChI is InChI=1S/C17H22N4O2S/c1-12-6-2-4-8-14(12)19-17(24)21-20-16(22)11-23-15-9-5-3-7-13(15)10-18/h3,5,7,9,12,14H,2,4,6,8,11H2,1H3,(H,20,22)(H2,19,21,24)/t12-,14+/m0/s1. The van der Waals surface area contributed by atoms with Crippen molar-refractivity contribution in [3.05, 3.63) is 29.8 Å². The van der Waals surface area contributed by atoms with Gasteiger partial charge >= 0.3 is 0 Å². The van der Waals surface area contributed by atoms with Gasteiger partial charge in [0.1, 0.15) is 11.8 Å². The Labute approximate surface area is 147 Å². The molecule has 1 aliphatic rings. The van der Waals surface area contributed by atoms with Crippen molar-refractivity contribution in [2.24, 2.45) is 5.92 Å². The fraction of sp³-hybridized carbons (Fsp3) is 0.471. The van der Waals surface area contributed by atoms with Crippen LogP contribution in [0.4, 0.5) is 0 Å². The maximum atomic E-state index is 11.8. The van der Waals surface area contributed by atoms with E-state index in [0.29, 0.717) is 28.4 Å². The number of nitrogens with one attached hydrogen (secondary N) is 3. The van der Waals surface area contributed by atoms with Crippen LogP contribution in [0.5, 0.6) is 5.75 Å². The zero-order chi connectivity index (χ0) is 17.4. The number of carbonyl (C=O) groups excluding carboxylic acids is 1. The molecule has 1 fully saturated rings. The number of carbonyl (C=O) groups is 1. The molecule has 0 radical (unpaired) electrons. The Hall–Kier alpha value is -2.33. The van der Waals surface area contributed by atoms with Gasteiger partial charge in [0, 0.05) is 6.04 Å². The van der Waals surface area contributed by atoms with E-state index < -0.39 is 0 Å². The van der Waals surface area contributed by atoms with Crippen molar-refractivity contribution < 1.29 is 9.53 Å². The van der Waals surface area contributed by atoms with Crippen LogP contribution in [0, 0.1) is 17.2 Å². The molecule has 0 aliphatic heterocycles. The number of amides is 1. The summed E-state index contributed by atoms with van der Waals surface area (Å²) in [5.74, 6) is 0.579. The van der Waals surface area contributed by atoms with Crippen molar-refractivity contribution in [3.63, 3.8) is 0 Å². The van der Waals surface area contributed by atoms with Gasteiger partial charge in [0.25, 0.3) is 5.91 Å². The van der Waals surface area contributed by atoms with Gasteiger partial charge in [-0.05, 0) is 43.1 Å². The summed E-state index contributed by atoms with van der Waals surface area (Å²) >= 11 is 5.20. The highest BCUT2D eigenvalue weighted by molar-refractivity contribution is 7.80. The van der Waals surface area contributed by atoms with Gasteiger partial charge in [0.15, 0.2) is 11.7 Å². The highest BCUT2D eigenvalue weighted by Gasteiger charge is 2.21. The second-order valence-corrected chi connectivity index (χ2v) is 6.32. The average Bonchev–Trinajstić information content (AvgIpc) is 2.60. The molecule has 0 spiro atoms. The topological polar surface area (TPSA) is 86.2 Å². The third-order valence-electron chi connectivity index (χ3n) is 4.11. The van der Waals surface area contributed by atoms with E-state index in [1.165, 1.54) is 19.3 Å². The van der Waals surface area contributed by atoms with Crippen LogP contribution in [0.25, 0.3) is 0 Å². The fourth-order valence-electron chi connectivity index (χ4n) is 2.73. The normalized spacial score (nSPS) is 19.7. The monoisotopic (exact) mass is 346 g/mol. The van der Waals surface area contributed by atoms with Crippen LogP contribution in [0.3, 0.4) is 0 Å². The van der Waals surface area contributed by atoms with E-state index >= 15 is 0 Å². The zero-order valence-electron chi connectivity index (χ0n) is 13.7. The minimum Gasteiger partial charge on any atom is -0.482 e. The number of hydrazine groups is 1. The van der Waals surface area contributed by atoms with Crippen LogP contribution in [0.15, 0.2) is 24.3 Å². The number of hydrogen-bond donors (Lipinski definition) is 3. The van der Waals surface area contributed by atoms with E-state index in [-0.39, 0.29) is 12.5 Å². The van der Waals surface area contributed by atoms with Crippen molar-refractivity contribution in [3.8, 4) is 11.8 Å². The molecular formula is C17H22N4O2S. The Kier molecular flexibility index (Phi) is 6.82. The maximum Gasteiger partial charge on any atom is 0.276 e. The van der Waals surface area contributed by atoms with Crippen LogP contribution in [-0.2, 0) is 4.79 Å². The number of hydrogen-bond acceptors (Lipinski definition) is 4. The lowest BCUT2D eigenvalue weighted by atomic mass is 9.86. The van der Waals surface area contributed by atoms with Crippen LogP contribution in [-0.4, -0.2) is 23.7 Å². The molecule has 0 bridgehead atoms. The third-order valence-corrected chi connectivity index (χ3v) is 4.33. The van der Waals surface area contributed by atoms with Gasteiger partial charge in [-0.1, -0.05) is 31.9 Å². The molecule has 0 heterocycles. The molecule has 0 aromatic heterocycles. The van der Waals surface area contributed by atoms with E-state index in [2.05, 4.69) is 23.1 Å². The summed E-state index contributed by atoms with van der Waals surface area (Å²) in [5.41, 5.74) is 5.58. The lowest BCUT2D eigenvalue weighted by Gasteiger charge is -2.30. The number of para-hydroxylation sites is 1. The molecule has 24 heavy (non-hydrogen) atoms. The van der Waals surface area contributed by atoms with E-state index in [9.17, 15) is 4.79 Å². The number of ether oxygens (including phenoxy) is 1. The number of thiocarbonyl (C=S) groups is 1. The number of nitrogens with zero attached hydrogens (tertiary/aromatic N) is 1. The minimum absolute atomic E-state index is 0.200. The van der Waals surface area contributed by atoms with E-state index in [1.54, 1.807) is 24.3 Å². The quantitative estimate of drug-likeness (QED) is 0.571. The molecule has 1 amide bonds. The predicted octanol–water partition coefficient (Wildman–Crippen LogP) is 2.01. The number of nitriles is 1. The first-order valence-electron chi connectivity index (χ1n) is 8.07. The third kappa shape index (κ3) is 5.39.